The first-order valence-electron chi connectivity index (χ1n) is 4.94. The number of nitrogens with one attached hydrogen (secondary N) is 1. The molecule has 1 rings (SSSR count). The van der Waals surface area contributed by atoms with Gasteiger partial charge in [0, 0.05) is 30.5 Å². The zero-order valence-corrected chi connectivity index (χ0v) is 8.94. The molecule has 0 aliphatic heterocycles. The largest absolute Gasteiger partial charge is 0.399 e. The van der Waals surface area contributed by atoms with Gasteiger partial charge in [-0.1, -0.05) is 0 Å². The molecule has 1 amide bonds. The third-order valence-electron chi connectivity index (χ3n) is 1.97. The summed E-state index contributed by atoms with van der Waals surface area (Å²) < 4.78 is 0. The van der Waals surface area contributed by atoms with Gasteiger partial charge in [0.05, 0.1) is 0 Å². The third-order valence-corrected chi connectivity index (χ3v) is 1.97. The van der Waals surface area contributed by atoms with E-state index in [1.807, 2.05) is 0 Å². The van der Waals surface area contributed by atoms with E-state index in [1.54, 1.807) is 24.3 Å². The molecule has 0 fully saturated rings. The standard InChI is InChI=1S/C11H16N4O/c12-5-6-15-11(16)4-1-8-7-9(13)2-3-10(8)14/h1-4,7H,5-6,12-14H2,(H,15,16). The average Bonchev–Trinajstić information content (AvgIpc) is 2.27. The molecular formula is C11H16N4O. The van der Waals surface area contributed by atoms with Crippen LogP contribution in [0.25, 0.3) is 6.08 Å². The number of anilines is 2. The van der Waals surface area contributed by atoms with Crippen LogP contribution < -0.4 is 22.5 Å². The number of hydrogen-bond acceptors (Lipinski definition) is 4. The molecule has 0 aromatic heterocycles. The van der Waals surface area contributed by atoms with Gasteiger partial charge in [-0.15, -0.1) is 0 Å². The van der Waals surface area contributed by atoms with Crippen LogP contribution in [0.1, 0.15) is 5.56 Å². The number of rotatable bonds is 4. The second-order valence-corrected chi connectivity index (χ2v) is 3.30. The van der Waals surface area contributed by atoms with Crippen LogP contribution in [0.15, 0.2) is 24.3 Å². The SMILES string of the molecule is NCCNC(=O)C=Cc1cc(N)ccc1N. The van der Waals surface area contributed by atoms with E-state index in [1.165, 1.54) is 6.08 Å². The Kier molecular flexibility index (Phi) is 4.35. The molecule has 0 aliphatic carbocycles. The van der Waals surface area contributed by atoms with Crippen molar-refractivity contribution in [3.63, 3.8) is 0 Å². The van der Waals surface area contributed by atoms with E-state index in [0.29, 0.717) is 24.5 Å². The molecule has 0 unspecified atom stereocenters. The highest BCUT2D eigenvalue weighted by Gasteiger charge is 1.97. The zero-order chi connectivity index (χ0) is 12.0. The molecule has 16 heavy (non-hydrogen) atoms. The van der Waals surface area contributed by atoms with Crippen molar-refractivity contribution in [2.24, 2.45) is 5.73 Å². The number of carbonyl (C=O) groups is 1. The van der Waals surface area contributed by atoms with Crippen LogP contribution in [0.5, 0.6) is 0 Å². The molecule has 0 spiro atoms. The monoisotopic (exact) mass is 220 g/mol. The van der Waals surface area contributed by atoms with Gasteiger partial charge < -0.3 is 22.5 Å². The zero-order valence-electron chi connectivity index (χ0n) is 8.94. The predicted octanol–water partition coefficient (Wildman–Crippen LogP) is -0.0609. The van der Waals surface area contributed by atoms with E-state index in [4.69, 9.17) is 17.2 Å². The van der Waals surface area contributed by atoms with Gasteiger partial charge in [0.15, 0.2) is 0 Å². The maximum atomic E-state index is 11.2. The fourth-order valence-corrected chi connectivity index (χ4v) is 1.16. The van der Waals surface area contributed by atoms with E-state index in [-0.39, 0.29) is 5.91 Å². The summed E-state index contributed by atoms with van der Waals surface area (Å²) in [5, 5.41) is 2.61. The topological polar surface area (TPSA) is 107 Å². The Morgan fingerprint density at radius 2 is 2.12 bits per heavy atom. The van der Waals surface area contributed by atoms with Gasteiger partial charge in [-0.3, -0.25) is 4.79 Å². The smallest absolute Gasteiger partial charge is 0.244 e. The Bertz CT molecular complexity index is 401. The summed E-state index contributed by atoms with van der Waals surface area (Å²) >= 11 is 0. The van der Waals surface area contributed by atoms with Crippen LogP contribution in [0.3, 0.4) is 0 Å². The summed E-state index contributed by atoms with van der Waals surface area (Å²) in [5.74, 6) is -0.202. The van der Waals surface area contributed by atoms with Crippen LogP contribution >= 0.6 is 0 Å². The number of benzene rings is 1. The van der Waals surface area contributed by atoms with Gasteiger partial charge >= 0.3 is 0 Å². The van der Waals surface area contributed by atoms with Crippen molar-refractivity contribution in [2.45, 2.75) is 0 Å². The van der Waals surface area contributed by atoms with E-state index in [9.17, 15) is 4.79 Å². The van der Waals surface area contributed by atoms with E-state index >= 15 is 0 Å². The Labute approximate surface area is 94.3 Å². The van der Waals surface area contributed by atoms with Crippen molar-refractivity contribution in [1.82, 2.24) is 5.32 Å². The van der Waals surface area contributed by atoms with Crippen molar-refractivity contribution < 1.29 is 4.79 Å². The Morgan fingerprint density at radius 3 is 2.81 bits per heavy atom. The van der Waals surface area contributed by atoms with Crippen molar-refractivity contribution in [2.75, 3.05) is 24.6 Å². The summed E-state index contributed by atoms with van der Waals surface area (Å²) in [4.78, 5) is 11.2. The number of nitrogen functional groups attached to an aromatic ring is 2. The van der Waals surface area contributed by atoms with Gasteiger partial charge in [-0.2, -0.15) is 0 Å². The van der Waals surface area contributed by atoms with E-state index in [2.05, 4.69) is 5.32 Å². The summed E-state index contributed by atoms with van der Waals surface area (Å²) in [6, 6.07) is 5.12. The molecule has 7 N–H and O–H groups in total. The van der Waals surface area contributed by atoms with Gasteiger partial charge in [0.2, 0.25) is 5.91 Å². The number of carbonyl (C=O) groups excluding carboxylic acids is 1. The van der Waals surface area contributed by atoms with Crippen LogP contribution in [0.2, 0.25) is 0 Å². The number of hydrogen-bond donors (Lipinski definition) is 4. The minimum atomic E-state index is -0.202. The second kappa shape index (κ2) is 5.77. The second-order valence-electron chi connectivity index (χ2n) is 3.30. The van der Waals surface area contributed by atoms with Crippen molar-refractivity contribution >= 4 is 23.4 Å². The van der Waals surface area contributed by atoms with Crippen molar-refractivity contribution in [1.29, 1.82) is 0 Å². The summed E-state index contributed by atoms with van der Waals surface area (Å²) in [5.41, 5.74) is 18.5. The Morgan fingerprint density at radius 1 is 1.38 bits per heavy atom. The van der Waals surface area contributed by atoms with Crippen LogP contribution in [-0.2, 0) is 4.79 Å². The van der Waals surface area contributed by atoms with Gasteiger partial charge in [-0.25, -0.2) is 0 Å². The third kappa shape index (κ3) is 3.62. The van der Waals surface area contributed by atoms with Gasteiger partial charge in [0.25, 0.3) is 0 Å². The lowest BCUT2D eigenvalue weighted by atomic mass is 10.1. The molecule has 0 aliphatic rings. The molecule has 0 bridgehead atoms. The molecular weight excluding hydrogens is 204 g/mol. The van der Waals surface area contributed by atoms with E-state index in [0.717, 1.165) is 5.56 Å². The summed E-state index contributed by atoms with van der Waals surface area (Å²) in [6.07, 6.45) is 3.03. The normalized spacial score (nSPS) is 10.6. The molecule has 0 saturated heterocycles. The number of nitrogens with two attached hydrogens (primary N) is 3. The molecule has 5 heteroatoms. The molecule has 86 valence electrons. The first-order valence-corrected chi connectivity index (χ1v) is 4.94. The highest BCUT2D eigenvalue weighted by Crippen LogP contribution is 2.16. The fraction of sp³-hybridized carbons (Fsp3) is 0.182. The fourth-order valence-electron chi connectivity index (χ4n) is 1.16. The predicted molar refractivity (Wildman–Crippen MR) is 66.4 cm³/mol. The van der Waals surface area contributed by atoms with Gasteiger partial charge in [-0.05, 0) is 29.8 Å². The minimum absolute atomic E-state index is 0.202. The molecule has 0 radical (unpaired) electrons. The highest BCUT2D eigenvalue weighted by molar-refractivity contribution is 5.92. The maximum Gasteiger partial charge on any atom is 0.244 e. The molecule has 1 aromatic carbocycles. The van der Waals surface area contributed by atoms with E-state index < -0.39 is 0 Å². The lowest BCUT2D eigenvalue weighted by molar-refractivity contribution is -0.116. The van der Waals surface area contributed by atoms with Crippen LogP contribution in [0, 0.1) is 0 Å². The Balaban J connectivity index is 2.68. The van der Waals surface area contributed by atoms with Crippen molar-refractivity contribution in [3.8, 4) is 0 Å². The Hall–Kier alpha value is -2.01. The molecule has 0 heterocycles. The quantitative estimate of drug-likeness (QED) is 0.421. The summed E-state index contributed by atoms with van der Waals surface area (Å²) in [6.45, 7) is 0.871. The van der Waals surface area contributed by atoms with Gasteiger partial charge in [0.1, 0.15) is 0 Å². The summed E-state index contributed by atoms with van der Waals surface area (Å²) in [7, 11) is 0. The van der Waals surface area contributed by atoms with Crippen LogP contribution in [0.4, 0.5) is 11.4 Å². The molecule has 1 aromatic rings. The maximum absolute atomic E-state index is 11.2. The average molecular weight is 220 g/mol. The minimum Gasteiger partial charge on any atom is -0.399 e. The van der Waals surface area contributed by atoms with Crippen LogP contribution in [-0.4, -0.2) is 19.0 Å². The molecule has 0 atom stereocenters. The highest BCUT2D eigenvalue weighted by atomic mass is 16.1. The number of amides is 1. The first-order chi connectivity index (χ1) is 7.63. The molecule has 5 nitrogen and oxygen atoms in total. The lowest BCUT2D eigenvalue weighted by Crippen LogP contribution is -2.27. The lowest BCUT2D eigenvalue weighted by Gasteiger charge is -2.02. The van der Waals surface area contributed by atoms with Crippen molar-refractivity contribution in [3.05, 3.63) is 29.8 Å². The first kappa shape index (κ1) is 12.1. The molecule has 0 saturated carbocycles.